The lowest BCUT2D eigenvalue weighted by Gasteiger charge is -2.26. The largest absolute Gasteiger partial charge is 0.454 e. The number of hydrogen-bond acceptors (Lipinski definition) is 5. The summed E-state index contributed by atoms with van der Waals surface area (Å²) in [6.07, 6.45) is 0.630. The van der Waals surface area contributed by atoms with Gasteiger partial charge in [-0.05, 0) is 36.3 Å². The summed E-state index contributed by atoms with van der Waals surface area (Å²) in [5, 5.41) is 3.72. The molecule has 3 rings (SSSR count). The van der Waals surface area contributed by atoms with Gasteiger partial charge in [0, 0.05) is 19.6 Å². The minimum atomic E-state index is -2.91. The Labute approximate surface area is 135 Å². The van der Waals surface area contributed by atoms with Crippen LogP contribution in [0.3, 0.4) is 0 Å². The van der Waals surface area contributed by atoms with Crippen LogP contribution in [0.4, 0.5) is 0 Å². The monoisotopic (exact) mass is 342 g/mol. The van der Waals surface area contributed by atoms with Gasteiger partial charge in [0.05, 0.1) is 11.5 Å². The van der Waals surface area contributed by atoms with Gasteiger partial charge in [-0.2, -0.15) is 0 Å². The highest BCUT2D eigenvalue weighted by atomic mass is 32.2. The smallest absolute Gasteiger partial charge is 0.231 e. The number of rotatable bonds is 3. The van der Waals surface area contributed by atoms with Gasteiger partial charge in [-0.15, -0.1) is 0 Å². The summed E-state index contributed by atoms with van der Waals surface area (Å²) in [5.41, 5.74) is 1.03. The highest BCUT2D eigenvalue weighted by Gasteiger charge is 2.31. The molecule has 8 heteroatoms. The summed E-state index contributed by atoms with van der Waals surface area (Å²) < 4.78 is 33.7. The second-order valence-electron chi connectivity index (χ2n) is 5.51. The van der Waals surface area contributed by atoms with Crippen molar-refractivity contribution in [3.63, 3.8) is 0 Å². The number of sulfone groups is 1. The average molecular weight is 342 g/mol. The fourth-order valence-electron chi connectivity index (χ4n) is 2.60. The first kappa shape index (κ1) is 15.4. The number of hydrogen-bond donors (Lipinski definition) is 1. The molecule has 0 aliphatic carbocycles. The number of fused-ring (bicyclic) bond motifs is 1. The maximum atomic E-state index is 11.5. The molecule has 1 aromatic carbocycles. The lowest BCUT2D eigenvalue weighted by molar-refractivity contribution is 0.174. The fraction of sp³-hybridized carbons (Fsp3) is 0.500. The SMILES string of the molecule is CN(C(=S)NCc1ccc2c(c1)OCO2)[C@@H]1CCS(=O)(=O)C1. The van der Waals surface area contributed by atoms with Gasteiger partial charge < -0.3 is 19.7 Å². The molecule has 1 N–H and O–H groups in total. The Morgan fingerprint density at radius 1 is 1.41 bits per heavy atom. The zero-order valence-electron chi connectivity index (χ0n) is 12.2. The Bertz CT molecular complexity index is 690. The van der Waals surface area contributed by atoms with Gasteiger partial charge in [0.25, 0.3) is 0 Å². The molecule has 1 aromatic rings. The van der Waals surface area contributed by atoms with E-state index in [9.17, 15) is 8.42 Å². The molecule has 2 aliphatic rings. The van der Waals surface area contributed by atoms with Gasteiger partial charge in [-0.3, -0.25) is 0 Å². The van der Waals surface area contributed by atoms with Crippen molar-refractivity contribution < 1.29 is 17.9 Å². The van der Waals surface area contributed by atoms with E-state index in [0.29, 0.717) is 18.1 Å². The number of nitrogens with one attached hydrogen (secondary N) is 1. The van der Waals surface area contributed by atoms with Crippen LogP contribution in [0.15, 0.2) is 18.2 Å². The molecule has 0 amide bonds. The van der Waals surface area contributed by atoms with E-state index in [1.54, 1.807) is 0 Å². The molecule has 1 saturated heterocycles. The molecule has 2 heterocycles. The van der Waals surface area contributed by atoms with Crippen LogP contribution in [-0.4, -0.2) is 49.8 Å². The standard InChI is InChI=1S/C14H18N2O4S2/c1-16(11-4-5-22(17,18)8-11)14(21)15-7-10-2-3-12-13(6-10)20-9-19-12/h2-3,6,11H,4-5,7-9H2,1H3,(H,15,21)/t11-/m1/s1. The Balaban J connectivity index is 1.56. The van der Waals surface area contributed by atoms with Crippen LogP contribution in [0.5, 0.6) is 11.5 Å². The number of benzene rings is 1. The number of ether oxygens (including phenoxy) is 2. The highest BCUT2D eigenvalue weighted by Crippen LogP contribution is 2.32. The van der Waals surface area contributed by atoms with E-state index in [1.165, 1.54) is 0 Å². The Hall–Kier alpha value is -1.54. The average Bonchev–Trinajstić information content (AvgIpc) is 3.09. The molecule has 1 atom stereocenters. The molecular weight excluding hydrogens is 324 g/mol. The van der Waals surface area contributed by atoms with E-state index >= 15 is 0 Å². The maximum absolute atomic E-state index is 11.5. The van der Waals surface area contributed by atoms with Crippen LogP contribution < -0.4 is 14.8 Å². The molecule has 0 aromatic heterocycles. The molecule has 1 fully saturated rings. The summed E-state index contributed by atoms with van der Waals surface area (Å²) >= 11 is 5.35. The molecule has 0 spiro atoms. The van der Waals surface area contributed by atoms with Gasteiger partial charge in [-0.25, -0.2) is 8.42 Å². The second kappa shape index (κ2) is 5.92. The molecule has 0 bridgehead atoms. The predicted octanol–water partition coefficient (Wildman–Crippen LogP) is 0.909. The molecule has 0 saturated carbocycles. The summed E-state index contributed by atoms with van der Waals surface area (Å²) in [6, 6.07) is 5.69. The third-order valence-electron chi connectivity index (χ3n) is 3.96. The molecule has 0 unspecified atom stereocenters. The summed E-state index contributed by atoms with van der Waals surface area (Å²) in [5.74, 6) is 1.90. The van der Waals surface area contributed by atoms with Gasteiger partial charge in [0.2, 0.25) is 6.79 Å². The van der Waals surface area contributed by atoms with E-state index < -0.39 is 9.84 Å². The molecule has 6 nitrogen and oxygen atoms in total. The van der Waals surface area contributed by atoms with Crippen molar-refractivity contribution >= 4 is 27.2 Å². The van der Waals surface area contributed by atoms with E-state index in [2.05, 4.69) is 5.32 Å². The highest BCUT2D eigenvalue weighted by molar-refractivity contribution is 7.91. The quantitative estimate of drug-likeness (QED) is 0.819. The summed E-state index contributed by atoms with van der Waals surface area (Å²) in [4.78, 5) is 1.84. The third kappa shape index (κ3) is 3.27. The lowest BCUT2D eigenvalue weighted by Crippen LogP contribution is -2.43. The Morgan fingerprint density at radius 2 is 2.18 bits per heavy atom. The Morgan fingerprint density at radius 3 is 2.91 bits per heavy atom. The van der Waals surface area contributed by atoms with E-state index in [4.69, 9.17) is 21.7 Å². The van der Waals surface area contributed by atoms with Gasteiger partial charge in [0.1, 0.15) is 0 Å². The van der Waals surface area contributed by atoms with Crippen LogP contribution in [0.1, 0.15) is 12.0 Å². The van der Waals surface area contributed by atoms with Crippen LogP contribution >= 0.6 is 12.2 Å². The van der Waals surface area contributed by atoms with Crippen molar-refractivity contribution in [3.8, 4) is 11.5 Å². The summed E-state index contributed by atoms with van der Waals surface area (Å²) in [7, 11) is -1.07. The van der Waals surface area contributed by atoms with Crippen LogP contribution in [-0.2, 0) is 16.4 Å². The zero-order valence-corrected chi connectivity index (χ0v) is 13.9. The van der Waals surface area contributed by atoms with Crippen molar-refractivity contribution in [2.24, 2.45) is 0 Å². The van der Waals surface area contributed by atoms with Crippen LogP contribution in [0, 0.1) is 0 Å². The molecule has 0 radical (unpaired) electrons. The van der Waals surface area contributed by atoms with Crippen molar-refractivity contribution in [2.75, 3.05) is 25.3 Å². The Kier molecular flexibility index (Phi) is 4.14. The van der Waals surface area contributed by atoms with Gasteiger partial charge in [-0.1, -0.05) is 6.07 Å². The molecular formula is C14H18N2O4S2. The third-order valence-corrected chi connectivity index (χ3v) is 6.14. The molecule has 2 aliphatic heterocycles. The van der Waals surface area contributed by atoms with Crippen molar-refractivity contribution in [1.82, 2.24) is 10.2 Å². The normalized spacial score (nSPS) is 21.6. The number of thiocarbonyl (C=S) groups is 1. The number of nitrogens with zero attached hydrogens (tertiary/aromatic N) is 1. The zero-order chi connectivity index (χ0) is 15.7. The van der Waals surface area contributed by atoms with E-state index in [0.717, 1.165) is 17.1 Å². The van der Waals surface area contributed by atoms with Crippen LogP contribution in [0.2, 0.25) is 0 Å². The second-order valence-corrected chi connectivity index (χ2v) is 8.13. The van der Waals surface area contributed by atoms with Gasteiger partial charge >= 0.3 is 0 Å². The van der Waals surface area contributed by atoms with Crippen molar-refractivity contribution in [1.29, 1.82) is 0 Å². The van der Waals surface area contributed by atoms with Crippen molar-refractivity contribution in [2.45, 2.75) is 19.0 Å². The topological polar surface area (TPSA) is 67.9 Å². The van der Waals surface area contributed by atoms with Crippen molar-refractivity contribution in [3.05, 3.63) is 23.8 Å². The maximum Gasteiger partial charge on any atom is 0.231 e. The van der Waals surface area contributed by atoms with E-state index in [1.807, 2.05) is 30.1 Å². The molecule has 120 valence electrons. The van der Waals surface area contributed by atoms with Gasteiger partial charge in [0.15, 0.2) is 26.4 Å². The lowest BCUT2D eigenvalue weighted by atomic mass is 10.2. The first-order chi connectivity index (χ1) is 10.4. The first-order valence-corrected chi connectivity index (χ1v) is 9.27. The predicted molar refractivity (Wildman–Crippen MR) is 86.8 cm³/mol. The first-order valence-electron chi connectivity index (χ1n) is 7.04. The van der Waals surface area contributed by atoms with E-state index in [-0.39, 0.29) is 24.3 Å². The molecule has 22 heavy (non-hydrogen) atoms. The minimum absolute atomic E-state index is 0.0400. The fourth-order valence-corrected chi connectivity index (χ4v) is 4.60. The van der Waals surface area contributed by atoms with Crippen LogP contribution in [0.25, 0.3) is 0 Å². The minimum Gasteiger partial charge on any atom is -0.454 e. The summed E-state index contributed by atoms with van der Waals surface area (Å²) in [6.45, 7) is 0.808.